The van der Waals surface area contributed by atoms with Gasteiger partial charge in [-0.05, 0) is 56.5 Å². The van der Waals surface area contributed by atoms with Crippen molar-refractivity contribution in [2.24, 2.45) is 0 Å². The molecule has 1 aromatic heterocycles. The topological polar surface area (TPSA) is 96.0 Å². The Bertz CT molecular complexity index is 1150. The van der Waals surface area contributed by atoms with Crippen LogP contribution in [0.3, 0.4) is 0 Å². The number of rotatable bonds is 20. The first kappa shape index (κ1) is 35.3. The van der Waals surface area contributed by atoms with Crippen molar-refractivity contribution in [2.75, 3.05) is 26.0 Å². The summed E-state index contributed by atoms with van der Waals surface area (Å²) in [5.41, 5.74) is 1.79. The molecule has 1 heterocycles. The first-order valence-corrected chi connectivity index (χ1v) is 16.0. The van der Waals surface area contributed by atoms with Gasteiger partial charge in [0.15, 0.2) is 6.61 Å². The zero-order chi connectivity index (χ0) is 30.8. The van der Waals surface area contributed by atoms with Gasteiger partial charge in [-0.3, -0.25) is 14.3 Å². The van der Waals surface area contributed by atoms with Crippen LogP contribution < -0.4 is 14.8 Å². The number of aromatic nitrogens is 1. The van der Waals surface area contributed by atoms with Crippen LogP contribution in [0.2, 0.25) is 0 Å². The maximum atomic E-state index is 13.0. The van der Waals surface area contributed by atoms with Gasteiger partial charge >= 0.3 is 13.8 Å². The smallest absolute Gasteiger partial charge is 0.422 e. The van der Waals surface area contributed by atoms with Crippen LogP contribution in [0.1, 0.15) is 77.0 Å². The van der Waals surface area contributed by atoms with Gasteiger partial charge in [0.05, 0.1) is 25.1 Å². The van der Waals surface area contributed by atoms with Gasteiger partial charge in [0, 0.05) is 24.4 Å². The summed E-state index contributed by atoms with van der Waals surface area (Å²) in [6, 6.07) is 9.80. The highest BCUT2D eigenvalue weighted by molar-refractivity contribution is 7.53. The molecule has 0 saturated carbocycles. The minimum Gasteiger partial charge on any atom is -0.487 e. The van der Waals surface area contributed by atoms with Crippen molar-refractivity contribution in [2.45, 2.75) is 78.5 Å². The molecular formula is C30H42F3N2O6P. The minimum atomic E-state index is -4.43. The van der Waals surface area contributed by atoms with Crippen molar-refractivity contribution < 1.29 is 41.1 Å². The van der Waals surface area contributed by atoms with E-state index in [1.807, 2.05) is 6.08 Å². The van der Waals surface area contributed by atoms with E-state index in [0.29, 0.717) is 23.6 Å². The quantitative estimate of drug-likeness (QED) is 0.119. The molecular weight excluding hydrogens is 572 g/mol. The van der Waals surface area contributed by atoms with Gasteiger partial charge in [-0.25, -0.2) is 0 Å². The fourth-order valence-corrected chi connectivity index (χ4v) is 5.56. The molecule has 0 bridgehead atoms. The number of halogens is 3. The largest absolute Gasteiger partial charge is 0.487 e. The Morgan fingerprint density at radius 1 is 0.929 bits per heavy atom. The molecule has 0 saturated heterocycles. The van der Waals surface area contributed by atoms with Crippen LogP contribution in [0.5, 0.6) is 11.5 Å². The average molecular weight is 615 g/mol. The lowest BCUT2D eigenvalue weighted by Gasteiger charge is -2.18. The molecule has 0 spiro atoms. The Kier molecular flexibility index (Phi) is 15.7. The zero-order valence-electron chi connectivity index (χ0n) is 24.6. The summed E-state index contributed by atoms with van der Waals surface area (Å²) in [5.74, 6) is 0.467. The Labute approximate surface area is 246 Å². The molecule has 0 fully saturated rings. The molecule has 0 unspecified atom stereocenters. The Balaban J connectivity index is 2.06. The number of hydrogen-bond donors (Lipinski definition) is 1. The van der Waals surface area contributed by atoms with E-state index in [4.69, 9.17) is 18.5 Å². The molecule has 1 N–H and O–H groups in total. The number of pyridine rings is 1. The van der Waals surface area contributed by atoms with E-state index in [9.17, 15) is 22.5 Å². The molecule has 234 valence electrons. The van der Waals surface area contributed by atoms with Crippen molar-refractivity contribution in [3.63, 3.8) is 0 Å². The molecule has 0 atom stereocenters. The van der Waals surface area contributed by atoms with E-state index in [1.165, 1.54) is 18.3 Å². The van der Waals surface area contributed by atoms with Crippen LogP contribution in [0.15, 0.2) is 48.3 Å². The van der Waals surface area contributed by atoms with E-state index >= 15 is 0 Å². The number of nitrogens with one attached hydrogen (secondary N) is 1. The third-order valence-corrected chi connectivity index (χ3v) is 7.99. The zero-order valence-corrected chi connectivity index (χ0v) is 25.5. The van der Waals surface area contributed by atoms with E-state index in [2.05, 4.69) is 17.2 Å². The molecule has 0 aliphatic heterocycles. The van der Waals surface area contributed by atoms with Crippen molar-refractivity contribution in [3.05, 3.63) is 59.5 Å². The standard InChI is InChI=1S/C30H42F3N2O6P/c1-4-7-8-9-10-11-29(36)35-25(17-19-42(37,40-5-2)41-6-3)20-24-12-14-27(15-13-24)38-22-26-21-28(16-18-34-26)39-23-30(31,32)33/h12-16,18,20-21H,4-11,17,19,22-23H2,1-3H3,(H,35,36)/b25-20+. The Morgan fingerprint density at radius 2 is 1.62 bits per heavy atom. The summed E-state index contributed by atoms with van der Waals surface area (Å²) < 4.78 is 71.6. The van der Waals surface area contributed by atoms with Gasteiger partial charge < -0.3 is 23.8 Å². The number of carbonyl (C=O) groups excluding carboxylic acids is 1. The number of amides is 1. The van der Waals surface area contributed by atoms with Crippen LogP contribution in [0.4, 0.5) is 13.2 Å². The van der Waals surface area contributed by atoms with Crippen LogP contribution in [-0.4, -0.2) is 43.1 Å². The molecule has 1 amide bonds. The van der Waals surface area contributed by atoms with Gasteiger partial charge in [-0.15, -0.1) is 0 Å². The van der Waals surface area contributed by atoms with E-state index in [1.54, 1.807) is 38.1 Å². The molecule has 8 nitrogen and oxygen atoms in total. The molecule has 1 aromatic carbocycles. The minimum absolute atomic E-state index is 0.0299. The lowest BCUT2D eigenvalue weighted by molar-refractivity contribution is -0.153. The van der Waals surface area contributed by atoms with Gasteiger partial charge in [-0.1, -0.05) is 44.7 Å². The third kappa shape index (κ3) is 14.8. The molecule has 0 aliphatic carbocycles. The van der Waals surface area contributed by atoms with Crippen LogP contribution in [-0.2, 0) is 25.0 Å². The highest BCUT2D eigenvalue weighted by Crippen LogP contribution is 2.49. The van der Waals surface area contributed by atoms with Crippen LogP contribution in [0, 0.1) is 0 Å². The summed E-state index contributed by atoms with van der Waals surface area (Å²) in [6.45, 7) is 4.79. The van der Waals surface area contributed by atoms with E-state index in [0.717, 1.165) is 37.7 Å². The summed E-state index contributed by atoms with van der Waals surface area (Å²) in [4.78, 5) is 16.8. The highest BCUT2D eigenvalue weighted by atomic mass is 31.2. The van der Waals surface area contributed by atoms with Crippen molar-refractivity contribution in [3.8, 4) is 11.5 Å². The first-order valence-electron chi connectivity index (χ1n) is 14.3. The normalized spacial score (nSPS) is 12.3. The molecule has 0 aliphatic rings. The number of benzene rings is 1. The van der Waals surface area contributed by atoms with Crippen LogP contribution >= 0.6 is 7.60 Å². The molecule has 2 rings (SSSR count). The van der Waals surface area contributed by atoms with Gasteiger partial charge in [0.25, 0.3) is 0 Å². The number of allylic oxidation sites excluding steroid dienone is 1. The summed E-state index contributed by atoms with van der Waals surface area (Å²) >= 11 is 0. The van der Waals surface area contributed by atoms with E-state index in [-0.39, 0.29) is 44.1 Å². The van der Waals surface area contributed by atoms with Crippen molar-refractivity contribution >= 4 is 19.6 Å². The van der Waals surface area contributed by atoms with Crippen LogP contribution in [0.25, 0.3) is 6.08 Å². The predicted octanol–water partition coefficient (Wildman–Crippen LogP) is 8.08. The lowest BCUT2D eigenvalue weighted by Crippen LogP contribution is -2.23. The van der Waals surface area contributed by atoms with Gasteiger partial charge in [0.2, 0.25) is 5.91 Å². The summed E-state index contributed by atoms with van der Waals surface area (Å²) in [7, 11) is -3.30. The van der Waals surface area contributed by atoms with Crippen molar-refractivity contribution in [1.29, 1.82) is 0 Å². The summed E-state index contributed by atoms with van der Waals surface area (Å²) in [6.07, 6.45) is 4.72. The number of ether oxygens (including phenoxy) is 2. The van der Waals surface area contributed by atoms with Gasteiger partial charge in [0.1, 0.15) is 18.1 Å². The second-order valence-electron chi connectivity index (χ2n) is 9.55. The molecule has 42 heavy (non-hydrogen) atoms. The van der Waals surface area contributed by atoms with E-state index < -0.39 is 20.4 Å². The summed E-state index contributed by atoms with van der Waals surface area (Å²) in [5, 5.41) is 2.97. The second kappa shape index (κ2) is 18.6. The maximum absolute atomic E-state index is 13.0. The molecule has 2 aromatic rings. The number of carbonyl (C=O) groups is 1. The number of alkyl halides is 3. The van der Waals surface area contributed by atoms with Crippen molar-refractivity contribution in [1.82, 2.24) is 10.3 Å². The lowest BCUT2D eigenvalue weighted by atomic mass is 10.1. The number of nitrogens with zero attached hydrogens (tertiary/aromatic N) is 1. The first-order chi connectivity index (χ1) is 20.1. The highest BCUT2D eigenvalue weighted by Gasteiger charge is 2.28. The predicted molar refractivity (Wildman–Crippen MR) is 156 cm³/mol. The Hall–Kier alpha value is -2.88. The molecule has 12 heteroatoms. The number of hydrogen-bond acceptors (Lipinski definition) is 7. The Morgan fingerprint density at radius 3 is 2.26 bits per heavy atom. The van der Waals surface area contributed by atoms with Gasteiger partial charge in [-0.2, -0.15) is 13.2 Å². The third-order valence-electron chi connectivity index (χ3n) is 5.91. The second-order valence-corrected chi connectivity index (χ2v) is 11.7. The molecule has 0 radical (unpaired) electrons. The maximum Gasteiger partial charge on any atom is 0.422 e. The SMILES string of the molecule is CCCCCCCC(=O)N/C(=C/c1ccc(OCc2cc(OCC(F)(F)F)ccn2)cc1)CCP(=O)(OCC)OCC. The number of unbranched alkanes of at least 4 members (excludes halogenated alkanes) is 4. The fourth-order valence-electron chi connectivity index (χ4n) is 3.93. The fraction of sp³-hybridized carbons (Fsp3) is 0.533. The monoisotopic (exact) mass is 614 g/mol. The average Bonchev–Trinajstić information content (AvgIpc) is 2.94.